The molecule has 1 amide bonds. The van der Waals surface area contributed by atoms with Crippen molar-refractivity contribution in [2.75, 3.05) is 5.75 Å². The van der Waals surface area contributed by atoms with E-state index in [0.717, 1.165) is 15.6 Å². The molecule has 2 rings (SSSR count). The van der Waals surface area contributed by atoms with Crippen LogP contribution in [0.3, 0.4) is 0 Å². The Morgan fingerprint density at radius 1 is 1.33 bits per heavy atom. The summed E-state index contributed by atoms with van der Waals surface area (Å²) < 4.78 is 0.962. The second-order valence-corrected chi connectivity index (χ2v) is 7.23. The molecule has 0 spiro atoms. The molecule has 5 heteroatoms. The molecule has 0 bridgehead atoms. The first kappa shape index (κ1) is 16.0. The predicted molar refractivity (Wildman–Crippen MR) is 89.7 cm³/mol. The lowest BCUT2D eigenvalue weighted by Crippen LogP contribution is -2.37. The van der Waals surface area contributed by atoms with Crippen molar-refractivity contribution in [1.82, 2.24) is 9.88 Å². The summed E-state index contributed by atoms with van der Waals surface area (Å²) in [5.41, 5.74) is 2.18. The Labute approximate surface area is 134 Å². The Hall–Kier alpha value is -1.33. The topological polar surface area (TPSA) is 33.2 Å². The van der Waals surface area contributed by atoms with Crippen LogP contribution in [-0.4, -0.2) is 27.6 Å². The SMILES string of the molecule is Cc1csc(SCC(=O)N(Cc2ccccc2)C(C)C)n1. The van der Waals surface area contributed by atoms with Crippen LogP contribution in [0.1, 0.15) is 25.1 Å². The van der Waals surface area contributed by atoms with Crippen LogP contribution in [0.2, 0.25) is 0 Å². The molecule has 1 heterocycles. The van der Waals surface area contributed by atoms with E-state index in [2.05, 4.69) is 31.0 Å². The quantitative estimate of drug-likeness (QED) is 0.755. The molecule has 0 radical (unpaired) electrons. The molecule has 112 valence electrons. The average molecular weight is 320 g/mol. The molecule has 0 N–H and O–H groups in total. The molecular weight excluding hydrogens is 300 g/mol. The first-order chi connectivity index (χ1) is 10.1. The van der Waals surface area contributed by atoms with E-state index in [-0.39, 0.29) is 11.9 Å². The molecular formula is C16H20N2OS2. The lowest BCUT2D eigenvalue weighted by atomic mass is 10.2. The van der Waals surface area contributed by atoms with Crippen molar-refractivity contribution in [3.8, 4) is 0 Å². The Morgan fingerprint density at radius 2 is 2.05 bits per heavy atom. The van der Waals surface area contributed by atoms with Crippen LogP contribution >= 0.6 is 23.1 Å². The molecule has 2 aromatic rings. The molecule has 0 aliphatic rings. The lowest BCUT2D eigenvalue weighted by molar-refractivity contribution is -0.130. The standard InChI is InChI=1S/C16H20N2OS2/c1-12(2)18(9-14-7-5-4-6-8-14)15(19)11-21-16-17-13(3)10-20-16/h4-8,10,12H,9,11H2,1-3H3. The first-order valence-corrected chi connectivity index (χ1v) is 8.81. The Bertz CT molecular complexity index is 581. The summed E-state index contributed by atoms with van der Waals surface area (Å²) in [6.45, 7) is 6.74. The predicted octanol–water partition coefficient (Wildman–Crippen LogP) is 3.98. The van der Waals surface area contributed by atoms with Gasteiger partial charge >= 0.3 is 0 Å². The molecule has 0 aliphatic heterocycles. The fraction of sp³-hybridized carbons (Fsp3) is 0.375. The van der Waals surface area contributed by atoms with Crippen molar-refractivity contribution in [3.05, 3.63) is 47.0 Å². The fourth-order valence-corrected chi connectivity index (χ4v) is 3.68. The zero-order valence-electron chi connectivity index (χ0n) is 12.6. The Kier molecular flexibility index (Phi) is 5.82. The molecule has 0 aliphatic carbocycles. The van der Waals surface area contributed by atoms with Gasteiger partial charge in [-0.1, -0.05) is 42.1 Å². The summed E-state index contributed by atoms with van der Waals surface area (Å²) in [5.74, 6) is 0.601. The van der Waals surface area contributed by atoms with Crippen LogP contribution in [0.5, 0.6) is 0 Å². The van der Waals surface area contributed by atoms with Crippen LogP contribution in [0.4, 0.5) is 0 Å². The zero-order valence-corrected chi connectivity index (χ0v) is 14.2. The van der Waals surface area contributed by atoms with E-state index in [0.29, 0.717) is 12.3 Å². The van der Waals surface area contributed by atoms with E-state index in [1.807, 2.05) is 35.4 Å². The third-order valence-electron chi connectivity index (χ3n) is 3.06. The van der Waals surface area contributed by atoms with Gasteiger partial charge in [0.05, 0.1) is 5.75 Å². The summed E-state index contributed by atoms with van der Waals surface area (Å²) in [6, 6.07) is 10.3. The molecule has 1 aromatic heterocycles. The summed E-state index contributed by atoms with van der Waals surface area (Å²) in [7, 11) is 0. The van der Waals surface area contributed by atoms with Gasteiger partial charge in [-0.3, -0.25) is 4.79 Å². The van der Waals surface area contributed by atoms with Crippen LogP contribution in [-0.2, 0) is 11.3 Å². The monoisotopic (exact) mass is 320 g/mol. The maximum atomic E-state index is 12.5. The molecule has 0 atom stereocenters. The van der Waals surface area contributed by atoms with E-state index in [1.54, 1.807) is 11.3 Å². The molecule has 0 fully saturated rings. The van der Waals surface area contributed by atoms with Gasteiger partial charge in [-0.05, 0) is 26.3 Å². The number of carbonyl (C=O) groups excluding carboxylic acids is 1. The van der Waals surface area contributed by atoms with Gasteiger partial charge in [-0.2, -0.15) is 0 Å². The number of nitrogens with zero attached hydrogens (tertiary/aromatic N) is 2. The summed E-state index contributed by atoms with van der Waals surface area (Å²) in [6.07, 6.45) is 0. The van der Waals surface area contributed by atoms with Gasteiger partial charge in [0, 0.05) is 23.7 Å². The van der Waals surface area contributed by atoms with Crippen LogP contribution in [0.15, 0.2) is 40.1 Å². The van der Waals surface area contributed by atoms with Gasteiger partial charge in [-0.25, -0.2) is 4.98 Å². The minimum atomic E-state index is 0.159. The third-order valence-corrected chi connectivity index (χ3v) is 5.18. The zero-order chi connectivity index (χ0) is 15.2. The van der Waals surface area contributed by atoms with Gasteiger partial charge in [0.25, 0.3) is 0 Å². The number of benzene rings is 1. The number of aromatic nitrogens is 1. The van der Waals surface area contributed by atoms with E-state index < -0.39 is 0 Å². The van der Waals surface area contributed by atoms with Crippen molar-refractivity contribution in [3.63, 3.8) is 0 Å². The van der Waals surface area contributed by atoms with E-state index in [1.165, 1.54) is 11.8 Å². The maximum absolute atomic E-state index is 12.5. The number of hydrogen-bond donors (Lipinski definition) is 0. The van der Waals surface area contributed by atoms with E-state index in [4.69, 9.17) is 0 Å². The largest absolute Gasteiger partial charge is 0.335 e. The molecule has 3 nitrogen and oxygen atoms in total. The van der Waals surface area contributed by atoms with Gasteiger partial charge in [0.15, 0.2) is 4.34 Å². The second kappa shape index (κ2) is 7.61. The number of rotatable bonds is 6. The number of aryl methyl sites for hydroxylation is 1. The number of carbonyl (C=O) groups is 1. The lowest BCUT2D eigenvalue weighted by Gasteiger charge is -2.26. The van der Waals surface area contributed by atoms with Crippen molar-refractivity contribution >= 4 is 29.0 Å². The normalized spacial score (nSPS) is 10.9. The summed E-state index contributed by atoms with van der Waals surface area (Å²) in [4.78, 5) is 18.8. The highest BCUT2D eigenvalue weighted by atomic mass is 32.2. The molecule has 0 saturated carbocycles. The van der Waals surface area contributed by atoms with Crippen molar-refractivity contribution < 1.29 is 4.79 Å². The molecule has 0 unspecified atom stereocenters. The van der Waals surface area contributed by atoms with Gasteiger partial charge in [0.2, 0.25) is 5.91 Å². The second-order valence-electron chi connectivity index (χ2n) is 5.14. The van der Waals surface area contributed by atoms with Gasteiger partial charge in [0.1, 0.15) is 0 Å². The van der Waals surface area contributed by atoms with Gasteiger partial charge in [-0.15, -0.1) is 11.3 Å². The average Bonchev–Trinajstić information content (AvgIpc) is 2.89. The van der Waals surface area contributed by atoms with Crippen LogP contribution in [0, 0.1) is 6.92 Å². The minimum absolute atomic E-state index is 0.159. The van der Waals surface area contributed by atoms with Crippen LogP contribution in [0.25, 0.3) is 0 Å². The van der Waals surface area contributed by atoms with Crippen molar-refractivity contribution in [2.45, 2.75) is 37.7 Å². The van der Waals surface area contributed by atoms with Gasteiger partial charge < -0.3 is 4.90 Å². The highest BCUT2D eigenvalue weighted by Gasteiger charge is 2.18. The Morgan fingerprint density at radius 3 is 2.62 bits per heavy atom. The highest BCUT2D eigenvalue weighted by molar-refractivity contribution is 8.01. The van der Waals surface area contributed by atoms with Crippen molar-refractivity contribution in [2.24, 2.45) is 0 Å². The molecule has 0 saturated heterocycles. The first-order valence-electron chi connectivity index (χ1n) is 6.94. The molecule has 1 aromatic carbocycles. The third kappa shape index (κ3) is 4.86. The van der Waals surface area contributed by atoms with Crippen molar-refractivity contribution in [1.29, 1.82) is 0 Å². The Balaban J connectivity index is 1.95. The van der Waals surface area contributed by atoms with E-state index >= 15 is 0 Å². The number of hydrogen-bond acceptors (Lipinski definition) is 4. The van der Waals surface area contributed by atoms with E-state index in [9.17, 15) is 4.79 Å². The maximum Gasteiger partial charge on any atom is 0.233 e. The van der Waals surface area contributed by atoms with Crippen LogP contribution < -0.4 is 0 Å². The smallest absolute Gasteiger partial charge is 0.233 e. The molecule has 21 heavy (non-hydrogen) atoms. The number of thiazole rings is 1. The fourth-order valence-electron chi connectivity index (χ4n) is 1.94. The number of thioether (sulfide) groups is 1. The summed E-state index contributed by atoms with van der Waals surface area (Å²) in [5, 5.41) is 2.01. The summed E-state index contributed by atoms with van der Waals surface area (Å²) >= 11 is 3.12. The number of amides is 1. The highest BCUT2D eigenvalue weighted by Crippen LogP contribution is 2.23. The minimum Gasteiger partial charge on any atom is -0.335 e.